The van der Waals surface area contributed by atoms with Crippen molar-refractivity contribution in [2.45, 2.75) is 6.92 Å². The van der Waals surface area contributed by atoms with Crippen LogP contribution >= 0.6 is 0 Å². The highest BCUT2D eigenvalue weighted by Crippen LogP contribution is 2.16. The summed E-state index contributed by atoms with van der Waals surface area (Å²) in [6.45, 7) is 1.91. The normalized spacial score (nSPS) is 9.83. The van der Waals surface area contributed by atoms with Crippen LogP contribution in [0.1, 0.15) is 5.56 Å². The Labute approximate surface area is 71.6 Å². The minimum atomic E-state index is -0.367. The lowest BCUT2D eigenvalue weighted by molar-refractivity contribution is 0.513. The number of rotatable bonds is 3. The van der Waals surface area contributed by atoms with Gasteiger partial charge in [0, 0.05) is 17.9 Å². The number of hydrogen-bond acceptors (Lipinski definition) is 2. The molecule has 0 amide bonds. The van der Waals surface area contributed by atoms with Crippen molar-refractivity contribution in [3.63, 3.8) is 0 Å². The van der Waals surface area contributed by atoms with E-state index in [0.717, 1.165) is 16.9 Å². The minimum absolute atomic E-state index is 0.336. The predicted molar refractivity (Wildman–Crippen MR) is 50.1 cm³/mol. The molecule has 0 aliphatic heterocycles. The summed E-state index contributed by atoms with van der Waals surface area (Å²) in [6, 6.07) is 5.61. The number of benzene rings is 1. The fourth-order valence-electron chi connectivity index (χ4n) is 0.942. The van der Waals surface area contributed by atoms with Crippen LogP contribution in [0.3, 0.4) is 0 Å². The molecular weight excluding hydrogens is 155 g/mol. The first-order valence-electron chi connectivity index (χ1n) is 3.90. The molecule has 0 aromatic heterocycles. The van der Waals surface area contributed by atoms with E-state index in [4.69, 9.17) is 5.73 Å². The standard InChI is InChI=1S/C9H13FN2/c1-7-2-3-8(6-9(7)11)12-5-4-10/h2-3,6,12H,4-5,11H2,1H3. The minimum Gasteiger partial charge on any atom is -0.398 e. The third kappa shape index (κ3) is 2.12. The number of halogens is 1. The van der Waals surface area contributed by atoms with Crippen LogP contribution in [0.5, 0.6) is 0 Å². The molecule has 0 heterocycles. The van der Waals surface area contributed by atoms with Crippen molar-refractivity contribution in [1.82, 2.24) is 0 Å². The first kappa shape index (κ1) is 8.84. The second-order valence-electron chi connectivity index (χ2n) is 2.69. The zero-order valence-electron chi connectivity index (χ0n) is 7.10. The molecule has 0 spiro atoms. The number of hydrogen-bond donors (Lipinski definition) is 2. The maximum atomic E-state index is 11.8. The number of anilines is 2. The summed E-state index contributed by atoms with van der Waals surface area (Å²) < 4.78 is 11.8. The smallest absolute Gasteiger partial charge is 0.107 e. The fraction of sp³-hybridized carbons (Fsp3) is 0.333. The number of alkyl halides is 1. The lowest BCUT2D eigenvalue weighted by Crippen LogP contribution is -2.03. The van der Waals surface area contributed by atoms with Crippen LogP contribution in [0.2, 0.25) is 0 Å². The van der Waals surface area contributed by atoms with Crippen molar-refractivity contribution < 1.29 is 4.39 Å². The molecular formula is C9H13FN2. The molecule has 0 aliphatic rings. The predicted octanol–water partition coefficient (Wildman–Crippen LogP) is 1.96. The maximum absolute atomic E-state index is 11.8. The van der Waals surface area contributed by atoms with E-state index in [9.17, 15) is 4.39 Å². The average molecular weight is 168 g/mol. The molecule has 1 aromatic carbocycles. The van der Waals surface area contributed by atoms with Crippen LogP contribution in [0.15, 0.2) is 18.2 Å². The Bertz CT molecular complexity index is 261. The molecule has 66 valence electrons. The summed E-state index contributed by atoms with van der Waals surface area (Å²) in [6.07, 6.45) is 0. The third-order valence-electron chi connectivity index (χ3n) is 1.70. The highest BCUT2D eigenvalue weighted by Gasteiger charge is 1.94. The molecule has 0 bridgehead atoms. The van der Waals surface area contributed by atoms with Crippen molar-refractivity contribution in [3.8, 4) is 0 Å². The topological polar surface area (TPSA) is 38.0 Å². The summed E-state index contributed by atoms with van der Waals surface area (Å²) >= 11 is 0. The molecule has 0 atom stereocenters. The van der Waals surface area contributed by atoms with Crippen molar-refractivity contribution in [1.29, 1.82) is 0 Å². The van der Waals surface area contributed by atoms with Crippen molar-refractivity contribution in [2.75, 3.05) is 24.3 Å². The Morgan fingerprint density at radius 2 is 2.25 bits per heavy atom. The van der Waals surface area contributed by atoms with E-state index >= 15 is 0 Å². The van der Waals surface area contributed by atoms with Gasteiger partial charge in [0.15, 0.2) is 0 Å². The van der Waals surface area contributed by atoms with E-state index in [1.165, 1.54) is 0 Å². The van der Waals surface area contributed by atoms with Gasteiger partial charge < -0.3 is 11.1 Å². The van der Waals surface area contributed by atoms with Gasteiger partial charge in [-0.05, 0) is 24.6 Å². The van der Waals surface area contributed by atoms with Gasteiger partial charge in [-0.2, -0.15) is 0 Å². The van der Waals surface area contributed by atoms with Crippen LogP contribution < -0.4 is 11.1 Å². The van der Waals surface area contributed by atoms with Crippen LogP contribution in [-0.4, -0.2) is 13.2 Å². The van der Waals surface area contributed by atoms with Crippen LogP contribution in [-0.2, 0) is 0 Å². The zero-order chi connectivity index (χ0) is 8.97. The maximum Gasteiger partial charge on any atom is 0.107 e. The van der Waals surface area contributed by atoms with E-state index in [2.05, 4.69) is 5.32 Å². The van der Waals surface area contributed by atoms with Gasteiger partial charge in [0.1, 0.15) is 6.67 Å². The lowest BCUT2D eigenvalue weighted by Gasteiger charge is -2.05. The monoisotopic (exact) mass is 168 g/mol. The molecule has 0 saturated carbocycles. The Morgan fingerprint density at radius 3 is 2.83 bits per heavy atom. The second-order valence-corrected chi connectivity index (χ2v) is 2.69. The molecule has 0 fully saturated rings. The lowest BCUT2D eigenvalue weighted by atomic mass is 10.2. The van der Waals surface area contributed by atoms with Crippen molar-refractivity contribution in [3.05, 3.63) is 23.8 Å². The number of nitrogen functional groups attached to an aromatic ring is 1. The van der Waals surface area contributed by atoms with E-state index in [-0.39, 0.29) is 6.67 Å². The summed E-state index contributed by atoms with van der Waals surface area (Å²) in [5.74, 6) is 0. The molecule has 1 rings (SSSR count). The molecule has 3 N–H and O–H groups in total. The van der Waals surface area contributed by atoms with Gasteiger partial charge in [-0.1, -0.05) is 6.07 Å². The SMILES string of the molecule is Cc1ccc(NCCF)cc1N. The van der Waals surface area contributed by atoms with E-state index in [1.807, 2.05) is 25.1 Å². The van der Waals surface area contributed by atoms with Gasteiger partial charge >= 0.3 is 0 Å². The van der Waals surface area contributed by atoms with Gasteiger partial charge in [-0.25, -0.2) is 4.39 Å². The van der Waals surface area contributed by atoms with Gasteiger partial charge in [0.05, 0.1) is 0 Å². The third-order valence-corrected chi connectivity index (χ3v) is 1.70. The van der Waals surface area contributed by atoms with E-state index in [0.29, 0.717) is 6.54 Å². The van der Waals surface area contributed by atoms with Crippen LogP contribution in [0.4, 0.5) is 15.8 Å². The number of nitrogens with two attached hydrogens (primary N) is 1. The first-order chi connectivity index (χ1) is 5.74. The fourth-order valence-corrected chi connectivity index (χ4v) is 0.942. The Balaban J connectivity index is 2.69. The molecule has 0 aliphatic carbocycles. The summed E-state index contributed by atoms with van der Waals surface area (Å²) in [4.78, 5) is 0. The largest absolute Gasteiger partial charge is 0.398 e. The molecule has 0 unspecified atom stereocenters. The highest BCUT2D eigenvalue weighted by molar-refractivity contribution is 5.58. The Hall–Kier alpha value is -1.25. The van der Waals surface area contributed by atoms with Crippen LogP contribution in [0, 0.1) is 6.92 Å². The molecule has 1 aromatic rings. The molecule has 12 heavy (non-hydrogen) atoms. The van der Waals surface area contributed by atoms with Gasteiger partial charge in [-0.3, -0.25) is 0 Å². The van der Waals surface area contributed by atoms with Crippen molar-refractivity contribution >= 4 is 11.4 Å². The Kier molecular flexibility index (Phi) is 2.91. The Morgan fingerprint density at radius 1 is 1.50 bits per heavy atom. The van der Waals surface area contributed by atoms with Gasteiger partial charge in [0.25, 0.3) is 0 Å². The van der Waals surface area contributed by atoms with Gasteiger partial charge in [0.2, 0.25) is 0 Å². The van der Waals surface area contributed by atoms with Gasteiger partial charge in [-0.15, -0.1) is 0 Å². The van der Waals surface area contributed by atoms with Crippen LogP contribution in [0.25, 0.3) is 0 Å². The second kappa shape index (κ2) is 3.95. The average Bonchev–Trinajstić information content (AvgIpc) is 2.07. The summed E-state index contributed by atoms with van der Waals surface area (Å²) in [7, 11) is 0. The zero-order valence-corrected chi connectivity index (χ0v) is 7.10. The van der Waals surface area contributed by atoms with E-state index in [1.54, 1.807) is 0 Å². The quantitative estimate of drug-likeness (QED) is 0.677. The summed E-state index contributed by atoms with van der Waals surface area (Å²) in [5, 5.41) is 2.91. The molecule has 0 saturated heterocycles. The summed E-state index contributed by atoms with van der Waals surface area (Å²) in [5.41, 5.74) is 8.31. The molecule has 2 nitrogen and oxygen atoms in total. The first-order valence-corrected chi connectivity index (χ1v) is 3.90. The van der Waals surface area contributed by atoms with Crippen molar-refractivity contribution in [2.24, 2.45) is 0 Å². The molecule has 0 radical (unpaired) electrons. The highest BCUT2D eigenvalue weighted by atomic mass is 19.1. The number of aryl methyl sites for hydroxylation is 1. The van der Waals surface area contributed by atoms with E-state index < -0.39 is 0 Å². The molecule has 3 heteroatoms. The number of nitrogens with one attached hydrogen (secondary N) is 1.